The van der Waals surface area contributed by atoms with Gasteiger partial charge in [0.15, 0.2) is 0 Å². The number of anilines is 1. The summed E-state index contributed by atoms with van der Waals surface area (Å²) in [6, 6.07) is 15.5. The van der Waals surface area contributed by atoms with E-state index < -0.39 is 5.82 Å². The van der Waals surface area contributed by atoms with Gasteiger partial charge in [-0.1, -0.05) is 23.7 Å². The molecule has 184 valence electrons. The van der Waals surface area contributed by atoms with Gasteiger partial charge < -0.3 is 19.5 Å². The topological polar surface area (TPSA) is 46.5 Å². The Morgan fingerprint density at radius 3 is 2.81 bits per heavy atom. The lowest BCUT2D eigenvalue weighted by Gasteiger charge is -2.31. The number of nitrogens with one attached hydrogen (secondary N) is 1. The fourth-order valence-corrected chi connectivity index (χ4v) is 6.90. The van der Waals surface area contributed by atoms with E-state index in [1.807, 2.05) is 46.6 Å². The van der Waals surface area contributed by atoms with E-state index in [4.69, 9.17) is 16.3 Å². The van der Waals surface area contributed by atoms with Crippen LogP contribution < -0.4 is 10.1 Å². The van der Waals surface area contributed by atoms with Crippen molar-refractivity contribution >= 4 is 34.7 Å². The fraction of sp³-hybridized carbons (Fsp3) is 0.250. The van der Waals surface area contributed by atoms with E-state index in [1.54, 1.807) is 7.11 Å². The predicted molar refractivity (Wildman–Crippen MR) is 141 cm³/mol. The van der Waals surface area contributed by atoms with Gasteiger partial charge >= 0.3 is 6.03 Å². The van der Waals surface area contributed by atoms with E-state index in [9.17, 15) is 9.18 Å². The summed E-state index contributed by atoms with van der Waals surface area (Å²) in [5.41, 5.74) is 5.00. The molecule has 2 aliphatic rings. The first-order chi connectivity index (χ1) is 17.5. The molecule has 2 aromatic carbocycles. The minimum Gasteiger partial charge on any atom is -0.497 e. The number of urea groups is 1. The zero-order valence-corrected chi connectivity index (χ0v) is 21.3. The molecule has 0 spiro atoms. The number of ether oxygens (including phenoxy) is 1. The first-order valence-electron chi connectivity index (χ1n) is 12.0. The molecular weight excluding hydrogens is 497 g/mol. The molecule has 5 nitrogen and oxygen atoms in total. The van der Waals surface area contributed by atoms with Gasteiger partial charge in [0.25, 0.3) is 0 Å². The Labute approximate surface area is 218 Å². The summed E-state index contributed by atoms with van der Waals surface area (Å²) in [4.78, 5) is 17.2. The Balaban J connectivity index is 1.49. The number of halogens is 2. The Morgan fingerprint density at radius 1 is 1.11 bits per heavy atom. The third kappa shape index (κ3) is 3.96. The highest BCUT2D eigenvalue weighted by atomic mass is 35.5. The number of nitrogens with zero attached hydrogens (tertiary/aromatic N) is 2. The first-order valence-corrected chi connectivity index (χ1v) is 13.2. The third-order valence-electron chi connectivity index (χ3n) is 7.02. The maximum absolute atomic E-state index is 13.9. The van der Waals surface area contributed by atoms with Crippen LogP contribution >= 0.6 is 22.9 Å². The summed E-state index contributed by atoms with van der Waals surface area (Å²) in [6.45, 7) is 0.464. The molecule has 8 heteroatoms. The summed E-state index contributed by atoms with van der Waals surface area (Å²) >= 11 is 7.84. The lowest BCUT2D eigenvalue weighted by atomic mass is 9.95. The van der Waals surface area contributed by atoms with Crippen molar-refractivity contribution in [2.24, 2.45) is 0 Å². The molecule has 0 radical (unpaired) electrons. The molecule has 4 aromatic rings. The van der Waals surface area contributed by atoms with Crippen LogP contribution in [-0.4, -0.2) is 22.6 Å². The van der Waals surface area contributed by atoms with Gasteiger partial charge in [0, 0.05) is 22.3 Å². The number of carbonyl (C=O) groups is 1. The molecule has 0 unspecified atom stereocenters. The smallest absolute Gasteiger partial charge is 0.322 e. The number of carbonyl (C=O) groups excluding carboxylic acids is 1. The molecule has 36 heavy (non-hydrogen) atoms. The van der Waals surface area contributed by atoms with Crippen molar-refractivity contribution in [3.63, 3.8) is 0 Å². The summed E-state index contributed by atoms with van der Waals surface area (Å²) in [5.74, 6) is 0.207. The summed E-state index contributed by atoms with van der Waals surface area (Å²) in [6.07, 6.45) is 6.57. The van der Waals surface area contributed by atoms with Crippen molar-refractivity contribution in [1.82, 2.24) is 9.47 Å². The zero-order chi connectivity index (χ0) is 24.8. The third-order valence-corrected chi connectivity index (χ3v) is 8.64. The minimum absolute atomic E-state index is 0.0314. The quantitative estimate of drug-likeness (QED) is 0.306. The molecule has 1 atom stereocenters. The van der Waals surface area contributed by atoms with Gasteiger partial charge in [0.1, 0.15) is 16.6 Å². The number of thiophene rings is 1. The molecule has 0 fully saturated rings. The second-order valence-electron chi connectivity index (χ2n) is 9.16. The fourth-order valence-electron chi connectivity index (χ4n) is 5.32. The number of aromatic nitrogens is 1. The van der Waals surface area contributed by atoms with Crippen LogP contribution in [0.4, 0.5) is 14.9 Å². The van der Waals surface area contributed by atoms with Gasteiger partial charge in [-0.2, -0.15) is 0 Å². The average Bonchev–Trinajstić information content (AvgIpc) is 3.48. The average molecular weight is 522 g/mol. The van der Waals surface area contributed by atoms with Gasteiger partial charge in [-0.25, -0.2) is 9.18 Å². The Hall–Kier alpha value is -3.29. The van der Waals surface area contributed by atoms with Crippen molar-refractivity contribution in [2.75, 3.05) is 12.4 Å². The number of hydrogen-bond acceptors (Lipinski definition) is 3. The van der Waals surface area contributed by atoms with Crippen LogP contribution in [0.5, 0.6) is 5.75 Å². The lowest BCUT2D eigenvalue weighted by Crippen LogP contribution is -2.38. The molecule has 1 aliphatic carbocycles. The summed E-state index contributed by atoms with van der Waals surface area (Å²) in [5, 5.41) is 4.12. The molecule has 1 aliphatic heterocycles. The minimum atomic E-state index is -0.522. The van der Waals surface area contributed by atoms with E-state index in [0.29, 0.717) is 12.2 Å². The number of fused-ring (bicyclic) bond motifs is 5. The number of rotatable bonds is 3. The predicted octanol–water partition coefficient (Wildman–Crippen LogP) is 7.36. The molecule has 0 bridgehead atoms. The Bertz CT molecular complexity index is 1460. The van der Waals surface area contributed by atoms with Gasteiger partial charge in [-0.05, 0) is 79.3 Å². The highest BCUT2D eigenvalue weighted by Gasteiger charge is 2.36. The van der Waals surface area contributed by atoms with Crippen molar-refractivity contribution < 1.29 is 13.9 Å². The SMILES string of the molecule is COc1cccc([C@@H]2c3cccn3-c3sc4c(c3CN2C(=O)Nc2ccc(F)c(Cl)c2)CCCC4)c1. The van der Waals surface area contributed by atoms with Gasteiger partial charge in [-0.3, -0.25) is 0 Å². The summed E-state index contributed by atoms with van der Waals surface area (Å²) in [7, 11) is 1.64. The maximum atomic E-state index is 13.9. The van der Waals surface area contributed by atoms with Crippen LogP contribution in [0.3, 0.4) is 0 Å². The van der Waals surface area contributed by atoms with Crippen LogP contribution in [0.15, 0.2) is 60.8 Å². The molecule has 6 rings (SSSR count). The number of amides is 2. The van der Waals surface area contributed by atoms with Crippen LogP contribution in [0, 0.1) is 5.82 Å². The van der Waals surface area contributed by atoms with E-state index in [1.165, 1.54) is 45.6 Å². The monoisotopic (exact) mass is 521 g/mol. The molecule has 1 N–H and O–H groups in total. The molecular formula is C28H25ClFN3O2S. The van der Waals surface area contributed by atoms with Crippen molar-refractivity contribution in [3.05, 3.63) is 98.9 Å². The number of benzene rings is 2. The van der Waals surface area contributed by atoms with E-state index in [0.717, 1.165) is 36.3 Å². The van der Waals surface area contributed by atoms with Crippen LogP contribution in [-0.2, 0) is 19.4 Å². The van der Waals surface area contributed by atoms with E-state index >= 15 is 0 Å². The zero-order valence-electron chi connectivity index (χ0n) is 19.8. The summed E-state index contributed by atoms with van der Waals surface area (Å²) < 4.78 is 21.5. The number of methoxy groups -OCH3 is 1. The Kier molecular flexibility index (Phi) is 5.97. The number of hydrogen-bond donors (Lipinski definition) is 1. The normalized spacial score (nSPS) is 16.5. The molecule has 2 amide bonds. The molecule has 2 aromatic heterocycles. The van der Waals surface area contributed by atoms with E-state index in [-0.39, 0.29) is 17.1 Å². The second kappa shape index (κ2) is 9.30. The Morgan fingerprint density at radius 2 is 1.97 bits per heavy atom. The number of aryl methyl sites for hydroxylation is 1. The van der Waals surface area contributed by atoms with Gasteiger partial charge in [0.2, 0.25) is 0 Å². The lowest BCUT2D eigenvalue weighted by molar-refractivity contribution is 0.194. The highest BCUT2D eigenvalue weighted by molar-refractivity contribution is 7.15. The maximum Gasteiger partial charge on any atom is 0.322 e. The highest BCUT2D eigenvalue weighted by Crippen LogP contribution is 2.44. The molecule has 3 heterocycles. The van der Waals surface area contributed by atoms with Crippen molar-refractivity contribution in [2.45, 2.75) is 38.3 Å². The van der Waals surface area contributed by atoms with Crippen molar-refractivity contribution in [3.8, 4) is 10.8 Å². The van der Waals surface area contributed by atoms with E-state index in [2.05, 4.69) is 22.1 Å². The van der Waals surface area contributed by atoms with Crippen LogP contribution in [0.1, 0.15) is 46.1 Å². The van der Waals surface area contributed by atoms with Crippen LogP contribution in [0.25, 0.3) is 5.00 Å². The standard InChI is InChI=1S/C28H25ClFN3O2S/c1-35-19-7-4-6-17(14-19)26-24-9-5-13-32(24)27-21(20-8-2-3-10-25(20)36-27)16-33(26)28(34)31-18-11-12-23(30)22(29)15-18/h4-7,9,11-15,26H,2-3,8,10,16H2,1H3,(H,31,34)/t26-/m1/s1. The second-order valence-corrected chi connectivity index (χ2v) is 10.7. The van der Waals surface area contributed by atoms with Crippen LogP contribution in [0.2, 0.25) is 5.02 Å². The first kappa shape index (κ1) is 23.1. The molecule has 0 saturated carbocycles. The van der Waals surface area contributed by atoms with Gasteiger partial charge in [0.05, 0.1) is 30.4 Å². The molecule has 0 saturated heterocycles. The van der Waals surface area contributed by atoms with Gasteiger partial charge in [-0.15, -0.1) is 11.3 Å². The van der Waals surface area contributed by atoms with Crippen molar-refractivity contribution in [1.29, 1.82) is 0 Å². The largest absolute Gasteiger partial charge is 0.497 e.